The van der Waals surface area contributed by atoms with Gasteiger partial charge in [0, 0.05) is 5.56 Å². The molecule has 1 aliphatic rings. The molecule has 1 N–H and O–H groups in total. The molecule has 0 unspecified atom stereocenters. The summed E-state index contributed by atoms with van der Waals surface area (Å²) in [5.74, 6) is -1.16. The van der Waals surface area contributed by atoms with Crippen molar-refractivity contribution in [3.8, 4) is 11.5 Å². The highest BCUT2D eigenvalue weighted by molar-refractivity contribution is 8.18. The number of carbonyl (C=O) groups excluding carboxylic acids is 3. The number of ether oxygens (including phenoxy) is 2. The number of benzene rings is 1. The van der Waals surface area contributed by atoms with Gasteiger partial charge in [-0.1, -0.05) is 12.1 Å². The van der Waals surface area contributed by atoms with Gasteiger partial charge in [0.2, 0.25) is 0 Å². The van der Waals surface area contributed by atoms with Crippen molar-refractivity contribution in [3.05, 3.63) is 28.7 Å². The maximum Gasteiger partial charge on any atom is 0.326 e. The molecule has 134 valence electrons. The van der Waals surface area contributed by atoms with Gasteiger partial charge in [0.15, 0.2) is 11.5 Å². The molecular formula is C17H19NO6S. The fourth-order valence-electron chi connectivity index (χ4n) is 2.10. The number of nitrogens with zero attached hydrogens (tertiary/aromatic N) is 1. The number of imide groups is 1. The number of thioether (sulfide) groups is 1. The van der Waals surface area contributed by atoms with Gasteiger partial charge in [-0.2, -0.15) is 0 Å². The molecule has 0 radical (unpaired) electrons. The van der Waals surface area contributed by atoms with Crippen molar-refractivity contribution in [1.29, 1.82) is 0 Å². The summed E-state index contributed by atoms with van der Waals surface area (Å²) in [4.78, 5) is 37.2. The standard InChI is InChI=1S/C17H19NO6S/c1-17(2,3)24-13(19)9-18-15(21)12(25-16(18)22)8-10-6-5-7-11(23-4)14(10)20/h5-8,20H,9H2,1-4H3/b12-8-. The van der Waals surface area contributed by atoms with Crippen LogP contribution in [0, 0.1) is 0 Å². The Balaban J connectivity index is 2.20. The molecule has 0 saturated carbocycles. The molecule has 1 fully saturated rings. The first-order chi connectivity index (χ1) is 11.6. The summed E-state index contributed by atoms with van der Waals surface area (Å²) in [6.45, 7) is 4.64. The van der Waals surface area contributed by atoms with Crippen LogP contribution >= 0.6 is 11.8 Å². The van der Waals surface area contributed by atoms with Crippen LogP contribution < -0.4 is 4.74 Å². The summed E-state index contributed by atoms with van der Waals surface area (Å²) < 4.78 is 10.1. The van der Waals surface area contributed by atoms with Gasteiger partial charge in [-0.25, -0.2) is 0 Å². The fraction of sp³-hybridized carbons (Fsp3) is 0.353. The first kappa shape index (κ1) is 18.9. The van der Waals surface area contributed by atoms with Crippen LogP contribution in [0.25, 0.3) is 6.08 Å². The van der Waals surface area contributed by atoms with Crippen molar-refractivity contribution in [2.45, 2.75) is 26.4 Å². The quantitative estimate of drug-likeness (QED) is 0.648. The van der Waals surface area contributed by atoms with Crippen LogP contribution in [0.2, 0.25) is 0 Å². The van der Waals surface area contributed by atoms with Crippen molar-refractivity contribution in [1.82, 2.24) is 4.90 Å². The average Bonchev–Trinajstić information content (AvgIpc) is 2.75. The Bertz CT molecular complexity index is 750. The zero-order valence-corrected chi connectivity index (χ0v) is 15.2. The third-order valence-electron chi connectivity index (χ3n) is 3.12. The second kappa shape index (κ2) is 7.18. The van der Waals surface area contributed by atoms with Crippen molar-refractivity contribution in [2.75, 3.05) is 13.7 Å². The Morgan fingerprint density at radius 1 is 1.32 bits per heavy atom. The lowest BCUT2D eigenvalue weighted by atomic mass is 10.1. The number of phenols is 1. The van der Waals surface area contributed by atoms with Crippen LogP contribution in [0.4, 0.5) is 4.79 Å². The summed E-state index contributed by atoms with van der Waals surface area (Å²) in [6.07, 6.45) is 1.39. The number of hydrogen-bond acceptors (Lipinski definition) is 7. The van der Waals surface area contributed by atoms with Crippen LogP contribution in [0.1, 0.15) is 26.3 Å². The van der Waals surface area contributed by atoms with Gasteiger partial charge >= 0.3 is 5.97 Å². The number of esters is 1. The number of rotatable bonds is 4. The monoisotopic (exact) mass is 365 g/mol. The molecule has 1 aliphatic heterocycles. The third kappa shape index (κ3) is 4.54. The molecule has 0 atom stereocenters. The van der Waals surface area contributed by atoms with E-state index in [1.54, 1.807) is 39.0 Å². The predicted octanol–water partition coefficient (Wildman–Crippen LogP) is 2.78. The number of carbonyl (C=O) groups is 3. The lowest BCUT2D eigenvalue weighted by Crippen LogP contribution is -2.37. The first-order valence-electron chi connectivity index (χ1n) is 7.45. The van der Waals surface area contributed by atoms with Crippen LogP contribution in [0.15, 0.2) is 23.1 Å². The second-order valence-electron chi connectivity index (χ2n) is 6.25. The topological polar surface area (TPSA) is 93.1 Å². The number of methoxy groups -OCH3 is 1. The third-order valence-corrected chi connectivity index (χ3v) is 4.02. The Kier molecular flexibility index (Phi) is 5.42. The number of para-hydroxylation sites is 1. The molecular weight excluding hydrogens is 346 g/mol. The predicted molar refractivity (Wildman–Crippen MR) is 93.2 cm³/mol. The average molecular weight is 365 g/mol. The molecule has 1 aromatic rings. The first-order valence-corrected chi connectivity index (χ1v) is 8.27. The molecule has 0 aliphatic carbocycles. The smallest absolute Gasteiger partial charge is 0.326 e. The van der Waals surface area contributed by atoms with Gasteiger partial charge < -0.3 is 14.6 Å². The molecule has 1 heterocycles. The van der Waals surface area contributed by atoms with E-state index in [0.717, 1.165) is 4.90 Å². The van der Waals surface area contributed by atoms with Gasteiger partial charge in [-0.15, -0.1) is 0 Å². The van der Waals surface area contributed by atoms with Crippen LogP contribution in [-0.2, 0) is 14.3 Å². The zero-order chi connectivity index (χ0) is 18.8. The van der Waals surface area contributed by atoms with E-state index in [4.69, 9.17) is 9.47 Å². The van der Waals surface area contributed by atoms with E-state index in [2.05, 4.69) is 0 Å². The molecule has 2 rings (SSSR count). The summed E-state index contributed by atoms with van der Waals surface area (Å²) in [7, 11) is 1.41. The van der Waals surface area contributed by atoms with E-state index in [0.29, 0.717) is 17.3 Å². The number of phenolic OH excluding ortho intramolecular Hbond substituents is 1. The molecule has 1 aromatic carbocycles. The van der Waals surface area contributed by atoms with Gasteiger partial charge in [0.25, 0.3) is 11.1 Å². The molecule has 1 saturated heterocycles. The highest BCUT2D eigenvalue weighted by Crippen LogP contribution is 2.36. The van der Waals surface area contributed by atoms with Crippen LogP contribution in [0.5, 0.6) is 11.5 Å². The molecule has 0 aromatic heterocycles. The van der Waals surface area contributed by atoms with Gasteiger partial charge in [-0.05, 0) is 44.7 Å². The van der Waals surface area contributed by atoms with E-state index < -0.39 is 29.3 Å². The van der Waals surface area contributed by atoms with E-state index in [9.17, 15) is 19.5 Å². The second-order valence-corrected chi connectivity index (χ2v) is 7.25. The minimum atomic E-state index is -0.707. The molecule has 7 nitrogen and oxygen atoms in total. The van der Waals surface area contributed by atoms with Crippen LogP contribution in [-0.4, -0.2) is 46.4 Å². The van der Waals surface area contributed by atoms with Crippen LogP contribution in [0.3, 0.4) is 0 Å². The molecule has 8 heteroatoms. The highest BCUT2D eigenvalue weighted by atomic mass is 32.2. The Hall–Kier alpha value is -2.48. The molecule has 25 heavy (non-hydrogen) atoms. The highest BCUT2D eigenvalue weighted by Gasteiger charge is 2.37. The largest absolute Gasteiger partial charge is 0.504 e. The minimum Gasteiger partial charge on any atom is -0.504 e. The lowest BCUT2D eigenvalue weighted by molar-refractivity contribution is -0.156. The summed E-state index contributed by atoms with van der Waals surface area (Å²) >= 11 is 0.698. The number of amides is 2. The number of hydrogen-bond donors (Lipinski definition) is 1. The van der Waals surface area contributed by atoms with E-state index in [1.807, 2.05) is 0 Å². The summed E-state index contributed by atoms with van der Waals surface area (Å²) in [6, 6.07) is 4.80. The summed E-state index contributed by atoms with van der Waals surface area (Å²) in [5.41, 5.74) is -0.372. The van der Waals surface area contributed by atoms with Crippen molar-refractivity contribution in [3.63, 3.8) is 0 Å². The van der Waals surface area contributed by atoms with E-state index in [1.165, 1.54) is 13.2 Å². The van der Waals surface area contributed by atoms with Crippen molar-refractivity contribution < 1.29 is 29.0 Å². The molecule has 0 bridgehead atoms. The zero-order valence-electron chi connectivity index (χ0n) is 14.4. The maximum atomic E-state index is 12.4. The number of aromatic hydroxyl groups is 1. The normalized spacial score (nSPS) is 16.5. The molecule has 2 amide bonds. The van der Waals surface area contributed by atoms with Gasteiger partial charge in [0.1, 0.15) is 12.1 Å². The Morgan fingerprint density at radius 2 is 2.00 bits per heavy atom. The SMILES string of the molecule is COc1cccc(/C=C2\SC(=O)N(CC(=O)OC(C)(C)C)C2=O)c1O. The summed E-state index contributed by atoms with van der Waals surface area (Å²) in [5, 5.41) is 9.51. The Labute approximate surface area is 149 Å². The van der Waals surface area contributed by atoms with Crippen molar-refractivity contribution >= 4 is 35.0 Å². The van der Waals surface area contributed by atoms with Gasteiger partial charge in [0.05, 0.1) is 12.0 Å². The van der Waals surface area contributed by atoms with E-state index >= 15 is 0 Å². The van der Waals surface area contributed by atoms with E-state index in [-0.39, 0.29) is 16.4 Å². The lowest BCUT2D eigenvalue weighted by Gasteiger charge is -2.21. The minimum absolute atomic E-state index is 0.108. The maximum absolute atomic E-state index is 12.4. The molecule has 0 spiro atoms. The Morgan fingerprint density at radius 3 is 2.60 bits per heavy atom. The van der Waals surface area contributed by atoms with Gasteiger partial charge in [-0.3, -0.25) is 19.3 Å². The fourth-order valence-corrected chi connectivity index (χ4v) is 2.93. The van der Waals surface area contributed by atoms with Crippen molar-refractivity contribution in [2.24, 2.45) is 0 Å².